The predicted molar refractivity (Wildman–Crippen MR) is 120 cm³/mol. The van der Waals surface area contributed by atoms with Gasteiger partial charge in [-0.05, 0) is 18.9 Å². The van der Waals surface area contributed by atoms with Gasteiger partial charge in [0.15, 0.2) is 5.96 Å². The van der Waals surface area contributed by atoms with E-state index in [1.54, 1.807) is 0 Å². The van der Waals surface area contributed by atoms with Crippen LogP contribution in [-0.4, -0.2) is 28.7 Å². The third kappa shape index (κ3) is 5.85. The van der Waals surface area contributed by atoms with E-state index in [0.29, 0.717) is 19.1 Å². The molecule has 1 atom stereocenters. The molecule has 7 heteroatoms. The van der Waals surface area contributed by atoms with Crippen molar-refractivity contribution in [3.8, 4) is 5.75 Å². The summed E-state index contributed by atoms with van der Waals surface area (Å²) in [7, 11) is 0. The van der Waals surface area contributed by atoms with E-state index in [0.717, 1.165) is 37.0 Å². The summed E-state index contributed by atoms with van der Waals surface area (Å²) < 4.78 is 7.94. The van der Waals surface area contributed by atoms with Crippen LogP contribution in [0.1, 0.15) is 44.6 Å². The van der Waals surface area contributed by atoms with Crippen molar-refractivity contribution in [2.45, 2.75) is 46.3 Å². The van der Waals surface area contributed by atoms with Gasteiger partial charge >= 0.3 is 0 Å². The van der Waals surface area contributed by atoms with E-state index in [2.05, 4.69) is 53.1 Å². The molecule has 0 saturated carbocycles. The Bertz CT molecular complexity index is 743. The zero-order valence-corrected chi connectivity index (χ0v) is 18.6. The first kappa shape index (κ1) is 21.5. The zero-order valence-electron chi connectivity index (χ0n) is 16.3. The molecule has 1 aliphatic heterocycles. The highest BCUT2D eigenvalue weighted by molar-refractivity contribution is 14.0. The summed E-state index contributed by atoms with van der Waals surface area (Å²) in [6, 6.07) is 8.40. The average Bonchev–Trinajstić information content (AvgIpc) is 3.06. The van der Waals surface area contributed by atoms with Crippen LogP contribution in [0.4, 0.5) is 0 Å². The number of nitrogens with one attached hydrogen (secondary N) is 2. The highest BCUT2D eigenvalue weighted by Gasteiger charge is 2.21. The molecule has 0 radical (unpaired) electrons. The molecule has 148 valence electrons. The fourth-order valence-corrected chi connectivity index (χ4v) is 3.18. The van der Waals surface area contributed by atoms with Crippen molar-refractivity contribution < 1.29 is 4.74 Å². The number of fused-ring (bicyclic) bond motifs is 1. The van der Waals surface area contributed by atoms with Crippen molar-refractivity contribution in [2.75, 3.05) is 13.2 Å². The van der Waals surface area contributed by atoms with Gasteiger partial charge in [0, 0.05) is 37.5 Å². The number of aromatic nitrogens is 2. The summed E-state index contributed by atoms with van der Waals surface area (Å²) in [6.07, 6.45) is 4.80. The quantitative estimate of drug-likeness (QED) is 0.374. The lowest BCUT2D eigenvalue weighted by Crippen LogP contribution is -2.41. The van der Waals surface area contributed by atoms with E-state index in [1.165, 1.54) is 5.56 Å². The number of guanidine groups is 1. The van der Waals surface area contributed by atoms with Crippen LogP contribution < -0.4 is 15.4 Å². The Hall–Kier alpha value is -1.77. The second-order valence-electron chi connectivity index (χ2n) is 6.96. The highest BCUT2D eigenvalue weighted by atomic mass is 127. The zero-order chi connectivity index (χ0) is 18.4. The summed E-state index contributed by atoms with van der Waals surface area (Å²) in [5.74, 6) is 3.34. The first-order valence-corrected chi connectivity index (χ1v) is 9.44. The predicted octanol–water partition coefficient (Wildman–Crippen LogP) is 3.74. The van der Waals surface area contributed by atoms with E-state index in [1.807, 2.05) is 24.5 Å². The average molecular weight is 483 g/mol. The van der Waals surface area contributed by atoms with Crippen LogP contribution in [0, 0.1) is 5.92 Å². The third-order valence-corrected chi connectivity index (χ3v) is 4.36. The number of hydrogen-bond acceptors (Lipinski definition) is 3. The first-order chi connectivity index (χ1) is 12.7. The Labute approximate surface area is 178 Å². The molecule has 2 heterocycles. The van der Waals surface area contributed by atoms with Gasteiger partial charge in [-0.25, -0.2) is 9.98 Å². The Morgan fingerprint density at radius 1 is 1.37 bits per heavy atom. The number of rotatable bonds is 6. The minimum absolute atomic E-state index is 0. The summed E-state index contributed by atoms with van der Waals surface area (Å²) in [6.45, 7) is 9.55. The van der Waals surface area contributed by atoms with Crippen LogP contribution in [-0.2, 0) is 13.1 Å². The molecule has 1 aliphatic rings. The molecule has 0 saturated heterocycles. The van der Waals surface area contributed by atoms with E-state index in [-0.39, 0.29) is 30.0 Å². The Morgan fingerprint density at radius 3 is 2.96 bits per heavy atom. The minimum Gasteiger partial charge on any atom is -0.493 e. The molecule has 0 spiro atoms. The monoisotopic (exact) mass is 483 g/mol. The molecule has 1 aromatic heterocycles. The van der Waals surface area contributed by atoms with Crippen LogP contribution >= 0.6 is 24.0 Å². The standard InChI is InChI=1S/C20H29N5O.HI/c1-4-21-20(23-13-19-22-10-11-25(19)14-15(2)3)24-17-9-12-26-18-8-6-5-7-16(17)18;/h5-8,10-11,15,17H,4,9,12-14H2,1-3H3,(H2,21,23,24);1H. The maximum atomic E-state index is 5.75. The molecule has 0 bridgehead atoms. The molecule has 27 heavy (non-hydrogen) atoms. The van der Waals surface area contributed by atoms with Crippen LogP contribution in [0.15, 0.2) is 41.7 Å². The molecule has 0 aliphatic carbocycles. The molecule has 0 amide bonds. The number of imidazole rings is 1. The van der Waals surface area contributed by atoms with Crippen LogP contribution in [0.5, 0.6) is 5.75 Å². The lowest BCUT2D eigenvalue weighted by molar-refractivity contribution is 0.261. The largest absolute Gasteiger partial charge is 0.493 e. The molecule has 6 nitrogen and oxygen atoms in total. The van der Waals surface area contributed by atoms with E-state index >= 15 is 0 Å². The fraction of sp³-hybridized carbons (Fsp3) is 0.500. The van der Waals surface area contributed by atoms with Crippen molar-refractivity contribution >= 4 is 29.9 Å². The number of ether oxygens (including phenoxy) is 1. The van der Waals surface area contributed by atoms with Crippen LogP contribution in [0.25, 0.3) is 0 Å². The molecule has 1 aromatic carbocycles. The van der Waals surface area contributed by atoms with Gasteiger partial charge < -0.3 is 19.9 Å². The molecule has 3 rings (SSSR count). The summed E-state index contributed by atoms with van der Waals surface area (Å²) >= 11 is 0. The van der Waals surface area contributed by atoms with Gasteiger partial charge in [-0.1, -0.05) is 32.0 Å². The van der Waals surface area contributed by atoms with Crippen molar-refractivity contribution in [2.24, 2.45) is 10.9 Å². The van der Waals surface area contributed by atoms with Crippen molar-refractivity contribution in [3.63, 3.8) is 0 Å². The summed E-state index contributed by atoms with van der Waals surface area (Å²) in [4.78, 5) is 9.23. The first-order valence-electron chi connectivity index (χ1n) is 9.44. The molecule has 0 fully saturated rings. The van der Waals surface area contributed by atoms with Crippen molar-refractivity contribution in [1.29, 1.82) is 0 Å². The van der Waals surface area contributed by atoms with Gasteiger partial charge in [-0.15, -0.1) is 24.0 Å². The Kier molecular flexibility index (Phi) is 8.40. The van der Waals surface area contributed by atoms with Crippen molar-refractivity contribution in [3.05, 3.63) is 48.0 Å². The summed E-state index contributed by atoms with van der Waals surface area (Å²) in [5, 5.41) is 6.90. The molecule has 2 aromatic rings. The van der Waals surface area contributed by atoms with Gasteiger partial charge in [0.05, 0.1) is 12.6 Å². The van der Waals surface area contributed by atoms with Crippen LogP contribution in [0.3, 0.4) is 0 Å². The number of para-hydroxylation sites is 1. The fourth-order valence-electron chi connectivity index (χ4n) is 3.18. The number of benzene rings is 1. The maximum Gasteiger partial charge on any atom is 0.192 e. The van der Waals surface area contributed by atoms with E-state index < -0.39 is 0 Å². The topological polar surface area (TPSA) is 63.5 Å². The minimum atomic E-state index is 0. The molecular weight excluding hydrogens is 453 g/mol. The summed E-state index contributed by atoms with van der Waals surface area (Å²) in [5.41, 5.74) is 1.19. The van der Waals surface area contributed by atoms with Gasteiger partial charge in [-0.2, -0.15) is 0 Å². The third-order valence-electron chi connectivity index (χ3n) is 4.36. The SMILES string of the molecule is CCNC(=NCc1nccn1CC(C)C)NC1CCOc2ccccc21.I. The normalized spacial score (nSPS) is 16.3. The number of halogens is 1. The molecular formula is C20H30IN5O. The second kappa shape index (κ2) is 10.5. The molecule has 2 N–H and O–H groups in total. The van der Waals surface area contributed by atoms with Gasteiger partial charge in [0.1, 0.15) is 18.1 Å². The van der Waals surface area contributed by atoms with Crippen LogP contribution in [0.2, 0.25) is 0 Å². The van der Waals surface area contributed by atoms with Gasteiger partial charge in [0.25, 0.3) is 0 Å². The lowest BCUT2D eigenvalue weighted by Gasteiger charge is -2.28. The second-order valence-corrected chi connectivity index (χ2v) is 6.96. The van der Waals surface area contributed by atoms with E-state index in [9.17, 15) is 0 Å². The smallest absolute Gasteiger partial charge is 0.192 e. The number of nitrogens with zero attached hydrogens (tertiary/aromatic N) is 3. The number of aliphatic imine (C=N–C) groups is 1. The maximum absolute atomic E-state index is 5.75. The van der Waals surface area contributed by atoms with Gasteiger partial charge in [0.2, 0.25) is 0 Å². The highest BCUT2D eigenvalue weighted by Crippen LogP contribution is 2.31. The van der Waals surface area contributed by atoms with Gasteiger partial charge in [-0.3, -0.25) is 0 Å². The molecule has 1 unspecified atom stereocenters. The van der Waals surface area contributed by atoms with Crippen molar-refractivity contribution in [1.82, 2.24) is 20.2 Å². The number of hydrogen-bond donors (Lipinski definition) is 2. The Morgan fingerprint density at radius 2 is 2.19 bits per heavy atom. The Balaban J connectivity index is 0.00000261. The van der Waals surface area contributed by atoms with E-state index in [4.69, 9.17) is 9.73 Å². The lowest BCUT2D eigenvalue weighted by atomic mass is 10.0.